The lowest BCUT2D eigenvalue weighted by atomic mass is 10.2. The van der Waals surface area contributed by atoms with Crippen molar-refractivity contribution in [3.8, 4) is 5.75 Å². The second-order valence-corrected chi connectivity index (χ2v) is 6.46. The lowest BCUT2D eigenvalue weighted by Crippen LogP contribution is -2.24. The molecule has 1 aromatic heterocycles. The van der Waals surface area contributed by atoms with E-state index < -0.39 is 0 Å². The first-order valence-corrected chi connectivity index (χ1v) is 8.73. The number of hydrazone groups is 1. The number of hydrogen-bond acceptors (Lipinski definition) is 4. The summed E-state index contributed by atoms with van der Waals surface area (Å²) >= 11 is 3.64. The number of methoxy groups -OCH3 is 1. The Morgan fingerprint density at radius 3 is 2.65 bits per heavy atom. The minimum absolute atomic E-state index is 0.812. The monoisotopic (exact) mass is 376 g/mol. The Morgan fingerprint density at radius 2 is 2.00 bits per heavy atom. The maximum Gasteiger partial charge on any atom is 0.166 e. The summed E-state index contributed by atoms with van der Waals surface area (Å²) in [6, 6.07) is 5.93. The number of rotatable bonds is 3. The summed E-state index contributed by atoms with van der Waals surface area (Å²) in [6.07, 6.45) is 10.4. The second kappa shape index (κ2) is 7.64. The summed E-state index contributed by atoms with van der Waals surface area (Å²) in [6.45, 7) is 2.00. The predicted molar refractivity (Wildman–Crippen MR) is 94.9 cm³/mol. The molecule has 1 aliphatic heterocycles. The lowest BCUT2D eigenvalue weighted by Gasteiger charge is -2.19. The van der Waals surface area contributed by atoms with E-state index in [1.54, 1.807) is 19.6 Å². The van der Waals surface area contributed by atoms with E-state index in [0.717, 1.165) is 34.7 Å². The Balaban J connectivity index is 2.02. The minimum Gasteiger partial charge on any atom is -0.497 e. The largest absolute Gasteiger partial charge is 0.497 e. The van der Waals surface area contributed by atoms with Crippen LogP contribution >= 0.6 is 15.9 Å². The summed E-state index contributed by atoms with van der Waals surface area (Å²) in [5.41, 5.74) is 0.992. The third kappa shape index (κ3) is 3.93. The molecule has 122 valence electrons. The fourth-order valence-corrected chi connectivity index (χ4v) is 3.14. The molecule has 5 nitrogen and oxygen atoms in total. The molecule has 0 unspecified atom stereocenters. The Kier molecular flexibility index (Phi) is 5.33. The molecule has 2 heterocycles. The first-order chi connectivity index (χ1) is 11.3. The molecule has 3 rings (SSSR count). The van der Waals surface area contributed by atoms with Crippen LogP contribution in [0.4, 0.5) is 0 Å². The van der Waals surface area contributed by atoms with Crippen LogP contribution < -0.4 is 4.74 Å². The highest BCUT2D eigenvalue weighted by atomic mass is 79.9. The van der Waals surface area contributed by atoms with E-state index in [1.165, 1.54) is 25.7 Å². The second-order valence-electron chi connectivity index (χ2n) is 5.61. The van der Waals surface area contributed by atoms with Gasteiger partial charge in [0.25, 0.3) is 0 Å². The molecule has 0 saturated carbocycles. The summed E-state index contributed by atoms with van der Waals surface area (Å²) < 4.78 is 8.31. The number of ether oxygens (including phenoxy) is 1. The SMILES string of the molecule is COc1ccc(Br)c(C(=NN2CCCCCC2)n2ccnc2)c1. The Labute approximate surface area is 145 Å². The van der Waals surface area contributed by atoms with Gasteiger partial charge in [0.15, 0.2) is 5.84 Å². The van der Waals surface area contributed by atoms with Gasteiger partial charge in [0, 0.05) is 35.5 Å². The average molecular weight is 377 g/mol. The number of hydrogen-bond donors (Lipinski definition) is 0. The van der Waals surface area contributed by atoms with Crippen LogP contribution in [-0.4, -0.2) is 40.6 Å². The molecule has 1 fully saturated rings. The fourth-order valence-electron chi connectivity index (χ4n) is 2.72. The minimum atomic E-state index is 0.812. The van der Waals surface area contributed by atoms with Crippen molar-refractivity contribution in [2.45, 2.75) is 25.7 Å². The van der Waals surface area contributed by atoms with Crippen LogP contribution in [0.1, 0.15) is 31.2 Å². The molecule has 6 heteroatoms. The van der Waals surface area contributed by atoms with Gasteiger partial charge in [0.1, 0.15) is 12.1 Å². The van der Waals surface area contributed by atoms with E-state index in [9.17, 15) is 0 Å². The number of imidazole rings is 1. The van der Waals surface area contributed by atoms with Crippen molar-refractivity contribution >= 4 is 21.8 Å². The maximum atomic E-state index is 5.37. The zero-order valence-electron chi connectivity index (χ0n) is 13.3. The zero-order chi connectivity index (χ0) is 16.1. The quantitative estimate of drug-likeness (QED) is 0.605. The highest BCUT2D eigenvalue weighted by molar-refractivity contribution is 9.10. The Hall–Kier alpha value is -1.82. The van der Waals surface area contributed by atoms with E-state index in [1.807, 2.05) is 29.0 Å². The number of nitrogens with zero attached hydrogens (tertiary/aromatic N) is 4. The van der Waals surface area contributed by atoms with Gasteiger partial charge in [-0.2, -0.15) is 5.10 Å². The first-order valence-electron chi connectivity index (χ1n) is 7.94. The molecule has 23 heavy (non-hydrogen) atoms. The van der Waals surface area contributed by atoms with E-state index >= 15 is 0 Å². The van der Waals surface area contributed by atoms with Gasteiger partial charge in [-0.05, 0) is 31.0 Å². The molecule has 0 N–H and O–H groups in total. The number of aromatic nitrogens is 2. The van der Waals surface area contributed by atoms with E-state index in [2.05, 4.69) is 25.9 Å². The van der Waals surface area contributed by atoms with Crippen molar-refractivity contribution in [2.75, 3.05) is 20.2 Å². The maximum absolute atomic E-state index is 5.37. The molecule has 0 radical (unpaired) electrons. The molecule has 1 aromatic carbocycles. The van der Waals surface area contributed by atoms with Crippen molar-refractivity contribution in [2.24, 2.45) is 5.10 Å². The normalized spacial score (nSPS) is 16.3. The summed E-state index contributed by atoms with van der Waals surface area (Å²) in [5.74, 6) is 1.67. The van der Waals surface area contributed by atoms with Gasteiger partial charge in [-0.1, -0.05) is 28.8 Å². The molecule has 2 aromatic rings. The van der Waals surface area contributed by atoms with Crippen LogP contribution in [0.3, 0.4) is 0 Å². The molecular formula is C17H21BrN4O. The van der Waals surface area contributed by atoms with Crippen molar-refractivity contribution in [3.05, 3.63) is 47.0 Å². The number of halogens is 1. The highest BCUT2D eigenvalue weighted by Crippen LogP contribution is 2.24. The lowest BCUT2D eigenvalue weighted by molar-refractivity contribution is 0.300. The summed E-state index contributed by atoms with van der Waals surface area (Å²) in [4.78, 5) is 4.17. The van der Waals surface area contributed by atoms with Crippen LogP contribution in [0.5, 0.6) is 5.75 Å². The zero-order valence-corrected chi connectivity index (χ0v) is 14.9. The molecule has 1 aliphatic rings. The van der Waals surface area contributed by atoms with E-state index in [-0.39, 0.29) is 0 Å². The first kappa shape index (κ1) is 16.1. The summed E-state index contributed by atoms with van der Waals surface area (Å²) in [5, 5.41) is 7.11. The molecule has 0 aliphatic carbocycles. The third-order valence-electron chi connectivity index (χ3n) is 3.98. The Morgan fingerprint density at radius 1 is 1.22 bits per heavy atom. The Bertz CT molecular complexity index is 661. The molecule has 0 spiro atoms. The highest BCUT2D eigenvalue weighted by Gasteiger charge is 2.15. The fraction of sp³-hybridized carbons (Fsp3) is 0.412. The third-order valence-corrected chi connectivity index (χ3v) is 4.67. The smallest absolute Gasteiger partial charge is 0.166 e. The van der Waals surface area contributed by atoms with Gasteiger partial charge in [0.2, 0.25) is 0 Å². The van der Waals surface area contributed by atoms with Gasteiger partial charge in [-0.3, -0.25) is 9.58 Å². The molecule has 0 amide bonds. The van der Waals surface area contributed by atoms with Crippen molar-refractivity contribution in [1.82, 2.24) is 14.6 Å². The van der Waals surface area contributed by atoms with Crippen molar-refractivity contribution < 1.29 is 4.74 Å². The van der Waals surface area contributed by atoms with Gasteiger partial charge >= 0.3 is 0 Å². The van der Waals surface area contributed by atoms with Crippen LogP contribution in [0.25, 0.3) is 0 Å². The van der Waals surface area contributed by atoms with Gasteiger partial charge in [-0.25, -0.2) is 4.98 Å². The van der Waals surface area contributed by atoms with Crippen LogP contribution in [-0.2, 0) is 0 Å². The molecular weight excluding hydrogens is 356 g/mol. The predicted octanol–water partition coefficient (Wildman–Crippen LogP) is 3.74. The van der Waals surface area contributed by atoms with E-state index in [4.69, 9.17) is 9.84 Å². The van der Waals surface area contributed by atoms with Crippen LogP contribution in [0.2, 0.25) is 0 Å². The van der Waals surface area contributed by atoms with Gasteiger partial charge in [0.05, 0.1) is 7.11 Å². The molecule has 0 atom stereocenters. The van der Waals surface area contributed by atoms with E-state index in [0.29, 0.717) is 0 Å². The van der Waals surface area contributed by atoms with Crippen LogP contribution in [0, 0.1) is 0 Å². The van der Waals surface area contributed by atoms with Crippen molar-refractivity contribution in [1.29, 1.82) is 0 Å². The van der Waals surface area contributed by atoms with Gasteiger partial charge in [-0.15, -0.1) is 0 Å². The number of benzene rings is 1. The molecule has 1 saturated heterocycles. The van der Waals surface area contributed by atoms with Gasteiger partial charge < -0.3 is 4.74 Å². The standard InChI is InChI=1S/C17H21BrN4O/c1-23-14-6-7-16(18)15(12-14)17(21-11-8-19-13-21)20-22-9-4-2-3-5-10-22/h6-8,11-13H,2-5,9-10H2,1H3. The van der Waals surface area contributed by atoms with Crippen molar-refractivity contribution in [3.63, 3.8) is 0 Å². The topological polar surface area (TPSA) is 42.6 Å². The average Bonchev–Trinajstić information content (AvgIpc) is 2.98. The van der Waals surface area contributed by atoms with Crippen LogP contribution in [0.15, 0.2) is 46.5 Å². The molecule has 0 bridgehead atoms. The summed E-state index contributed by atoms with van der Waals surface area (Å²) in [7, 11) is 1.68.